The molecule has 7 N–H and O–H groups in total. The van der Waals surface area contributed by atoms with Gasteiger partial charge in [-0.3, -0.25) is 5.41 Å². The van der Waals surface area contributed by atoms with Gasteiger partial charge < -0.3 is 22.1 Å². The topological polar surface area (TPSA) is 118 Å². The second-order valence-corrected chi connectivity index (χ2v) is 11.1. The van der Waals surface area contributed by atoms with E-state index in [1.54, 1.807) is 0 Å². The Morgan fingerprint density at radius 1 is 0.897 bits per heavy atom. The summed E-state index contributed by atoms with van der Waals surface area (Å²) in [5.74, 6) is 0.356. The fourth-order valence-electron chi connectivity index (χ4n) is 5.99. The summed E-state index contributed by atoms with van der Waals surface area (Å²) in [5, 5.41) is 8.92. The van der Waals surface area contributed by atoms with Crippen LogP contribution in [-0.2, 0) is 12.8 Å². The number of rotatable bonds is 6. The van der Waals surface area contributed by atoms with Gasteiger partial charge in [0.1, 0.15) is 5.82 Å². The van der Waals surface area contributed by atoms with Gasteiger partial charge in [0.05, 0.1) is 5.71 Å². The zero-order valence-electron chi connectivity index (χ0n) is 23.1. The summed E-state index contributed by atoms with van der Waals surface area (Å²) >= 11 is 0. The summed E-state index contributed by atoms with van der Waals surface area (Å²) in [4.78, 5) is 7.18. The Kier molecular flexibility index (Phi) is 7.84. The summed E-state index contributed by atoms with van der Waals surface area (Å²) in [7, 11) is 0. The van der Waals surface area contributed by atoms with Crippen molar-refractivity contribution in [3.8, 4) is 11.1 Å². The van der Waals surface area contributed by atoms with Crippen molar-refractivity contribution in [2.24, 2.45) is 11.5 Å². The molecular weight excluding hydrogens is 480 g/mol. The van der Waals surface area contributed by atoms with Crippen LogP contribution < -0.4 is 17.2 Å². The molecule has 0 bridgehead atoms. The van der Waals surface area contributed by atoms with Gasteiger partial charge in [0.2, 0.25) is 0 Å². The average Bonchev–Trinajstić information content (AvgIpc) is 3.39. The monoisotopic (exact) mass is 520 g/mol. The molecule has 2 heterocycles. The first kappa shape index (κ1) is 26.7. The molecule has 1 aliphatic carbocycles. The van der Waals surface area contributed by atoms with E-state index in [1.165, 1.54) is 49.9 Å². The van der Waals surface area contributed by atoms with E-state index in [9.17, 15) is 0 Å². The molecule has 1 fully saturated rings. The maximum absolute atomic E-state index is 8.92. The third kappa shape index (κ3) is 5.91. The fourth-order valence-corrected chi connectivity index (χ4v) is 5.99. The number of hydrogen-bond acceptors (Lipinski definition) is 6. The van der Waals surface area contributed by atoms with Gasteiger partial charge in [0.15, 0.2) is 0 Å². The molecule has 5 rings (SSSR count). The molecule has 1 aromatic heterocycles. The Labute approximate surface area is 232 Å². The van der Waals surface area contributed by atoms with Crippen molar-refractivity contribution in [1.82, 2.24) is 9.88 Å². The van der Waals surface area contributed by atoms with E-state index in [4.69, 9.17) is 22.6 Å². The third-order valence-corrected chi connectivity index (χ3v) is 8.23. The van der Waals surface area contributed by atoms with Gasteiger partial charge in [-0.2, -0.15) is 0 Å². The minimum absolute atomic E-state index is 0.341. The Bertz CT molecular complexity index is 1420. The Morgan fingerprint density at radius 3 is 2.26 bits per heavy atom. The number of nitrogens with two attached hydrogens (primary N) is 3. The summed E-state index contributed by atoms with van der Waals surface area (Å²) in [6.07, 6.45) is 11.1. The number of likely N-dealkylation sites (tertiary alicyclic amines) is 1. The molecule has 1 unspecified atom stereocenters. The number of hydrogen-bond donors (Lipinski definition) is 4. The highest BCUT2D eigenvalue weighted by molar-refractivity contribution is 6.14. The van der Waals surface area contributed by atoms with Crippen LogP contribution in [0, 0.1) is 5.41 Å². The van der Waals surface area contributed by atoms with Crippen LogP contribution in [-0.4, -0.2) is 34.7 Å². The van der Waals surface area contributed by atoms with Crippen LogP contribution in [0.1, 0.15) is 67.3 Å². The smallest absolute Gasteiger partial charge is 0.132 e. The SMILES string of the molecule is C/C(N)=C/C(C)=C(\N)c1ccc(C(=N)c2cc(-c3ccc4c(c3)CCC(N3CCCC3)CC4)cnc2N)cc1. The van der Waals surface area contributed by atoms with Gasteiger partial charge >= 0.3 is 0 Å². The van der Waals surface area contributed by atoms with Crippen molar-refractivity contribution < 1.29 is 0 Å². The zero-order valence-corrected chi connectivity index (χ0v) is 23.1. The molecular formula is C33H40N6. The van der Waals surface area contributed by atoms with E-state index < -0.39 is 0 Å². The normalized spacial score (nSPS) is 18.8. The van der Waals surface area contributed by atoms with Crippen molar-refractivity contribution in [3.05, 3.63) is 99.9 Å². The van der Waals surface area contributed by atoms with Gasteiger partial charge in [-0.25, -0.2) is 4.98 Å². The minimum Gasteiger partial charge on any atom is -0.402 e. The molecule has 3 aromatic rings. The highest BCUT2D eigenvalue weighted by Crippen LogP contribution is 2.31. The number of fused-ring (bicyclic) bond motifs is 1. The third-order valence-electron chi connectivity index (χ3n) is 8.23. The first-order valence-electron chi connectivity index (χ1n) is 14.0. The summed E-state index contributed by atoms with van der Waals surface area (Å²) in [5.41, 5.74) is 28.3. The van der Waals surface area contributed by atoms with Crippen LogP contribution in [0.2, 0.25) is 0 Å². The van der Waals surface area contributed by atoms with Crippen molar-refractivity contribution in [1.29, 1.82) is 5.41 Å². The van der Waals surface area contributed by atoms with Crippen molar-refractivity contribution in [3.63, 3.8) is 0 Å². The lowest BCUT2D eigenvalue weighted by atomic mass is 9.95. The van der Waals surface area contributed by atoms with Gasteiger partial charge in [-0.05, 0) is 105 Å². The molecule has 0 spiro atoms. The van der Waals surface area contributed by atoms with E-state index in [2.05, 4.69) is 28.1 Å². The lowest BCUT2D eigenvalue weighted by Gasteiger charge is -2.26. The van der Waals surface area contributed by atoms with E-state index in [0.717, 1.165) is 40.7 Å². The van der Waals surface area contributed by atoms with Gasteiger partial charge in [-0.1, -0.05) is 42.5 Å². The van der Waals surface area contributed by atoms with Crippen LogP contribution in [0.5, 0.6) is 0 Å². The van der Waals surface area contributed by atoms with Gasteiger partial charge in [-0.15, -0.1) is 0 Å². The van der Waals surface area contributed by atoms with Gasteiger partial charge in [0.25, 0.3) is 0 Å². The Balaban J connectivity index is 1.37. The molecule has 1 atom stereocenters. The number of nitrogens with zero attached hydrogens (tertiary/aromatic N) is 2. The lowest BCUT2D eigenvalue weighted by Crippen LogP contribution is -2.32. The molecule has 0 saturated carbocycles. The number of benzene rings is 2. The second-order valence-electron chi connectivity index (χ2n) is 11.1. The van der Waals surface area contributed by atoms with Crippen LogP contribution >= 0.6 is 0 Å². The van der Waals surface area contributed by atoms with E-state index in [0.29, 0.717) is 34.5 Å². The first-order valence-corrected chi connectivity index (χ1v) is 14.0. The van der Waals surface area contributed by atoms with Crippen LogP contribution in [0.25, 0.3) is 16.8 Å². The first-order chi connectivity index (χ1) is 18.8. The lowest BCUT2D eigenvalue weighted by molar-refractivity contribution is 0.222. The standard InChI is InChI=1S/C33H40N6/c1-21(17-22(2)34)31(35)24-6-8-25(9-7-24)32(36)30-19-28(20-38-33(30)37)27-10-5-23-11-13-29(14-12-26(23)18-27)39-15-3-4-16-39/h5-10,17-20,29,36H,3-4,11-16,34-35H2,1-2H3,(H2,37,38)/b22-17-,31-21-,36-32?. The molecule has 1 saturated heterocycles. The molecule has 2 aliphatic rings. The molecule has 1 aliphatic heterocycles. The number of aromatic nitrogens is 1. The number of aryl methyl sites for hydroxylation is 2. The summed E-state index contributed by atoms with van der Waals surface area (Å²) < 4.78 is 0. The number of pyridine rings is 1. The second kappa shape index (κ2) is 11.5. The molecule has 0 amide bonds. The average molecular weight is 521 g/mol. The number of anilines is 1. The quantitative estimate of drug-likeness (QED) is 0.190. The summed E-state index contributed by atoms with van der Waals surface area (Å²) in [6, 6.07) is 17.2. The highest BCUT2D eigenvalue weighted by Gasteiger charge is 2.24. The van der Waals surface area contributed by atoms with Crippen molar-refractivity contribution in [2.45, 2.75) is 58.4 Å². The molecule has 6 heteroatoms. The predicted molar refractivity (Wildman–Crippen MR) is 162 cm³/mol. The Hall–Kier alpha value is -3.90. The number of nitrogens with one attached hydrogen (secondary N) is 1. The Morgan fingerprint density at radius 2 is 1.56 bits per heavy atom. The summed E-state index contributed by atoms with van der Waals surface area (Å²) in [6.45, 7) is 6.30. The van der Waals surface area contributed by atoms with Crippen LogP contribution in [0.3, 0.4) is 0 Å². The largest absolute Gasteiger partial charge is 0.402 e. The predicted octanol–water partition coefficient (Wildman–Crippen LogP) is 5.64. The molecule has 6 nitrogen and oxygen atoms in total. The van der Waals surface area contributed by atoms with Crippen LogP contribution in [0.4, 0.5) is 5.82 Å². The minimum atomic E-state index is 0.341. The molecule has 2 aromatic carbocycles. The number of allylic oxidation sites excluding steroid dienone is 3. The molecule has 39 heavy (non-hydrogen) atoms. The maximum atomic E-state index is 8.92. The van der Waals surface area contributed by atoms with Crippen LogP contribution in [0.15, 0.2) is 72.1 Å². The zero-order chi connectivity index (χ0) is 27.5. The number of nitrogen functional groups attached to an aromatic ring is 1. The fraction of sp³-hybridized carbons (Fsp3) is 0.333. The van der Waals surface area contributed by atoms with E-state index in [1.807, 2.05) is 56.5 Å². The van der Waals surface area contributed by atoms with Crippen molar-refractivity contribution >= 4 is 17.2 Å². The van der Waals surface area contributed by atoms with Crippen molar-refractivity contribution in [2.75, 3.05) is 18.8 Å². The van der Waals surface area contributed by atoms with E-state index >= 15 is 0 Å². The molecule has 0 radical (unpaired) electrons. The maximum Gasteiger partial charge on any atom is 0.132 e. The highest BCUT2D eigenvalue weighted by atomic mass is 15.2. The van der Waals surface area contributed by atoms with E-state index in [-0.39, 0.29) is 0 Å². The van der Waals surface area contributed by atoms with Gasteiger partial charge in [0, 0.05) is 40.3 Å². The molecule has 202 valence electrons.